The number of Topliss-reactive ketones (excluding diaryl/α,β-unsaturated/α-hetero) is 1. The van der Waals surface area contributed by atoms with Crippen molar-refractivity contribution < 1.29 is 10.0 Å². The monoisotopic (exact) mass is 309 g/mol. The highest BCUT2D eigenvalue weighted by Crippen LogP contribution is 2.28. The van der Waals surface area contributed by atoms with Gasteiger partial charge >= 0.3 is 0 Å². The van der Waals surface area contributed by atoms with Crippen molar-refractivity contribution in [2.45, 2.75) is 6.92 Å². The summed E-state index contributed by atoms with van der Waals surface area (Å²) in [5, 5.41) is 13.2. The van der Waals surface area contributed by atoms with Crippen LogP contribution < -0.4 is 0 Å². The van der Waals surface area contributed by atoms with Crippen molar-refractivity contribution in [2.24, 2.45) is 5.16 Å². The van der Waals surface area contributed by atoms with Crippen molar-refractivity contribution in [2.75, 3.05) is 20.6 Å². The maximum absolute atomic E-state index is 12.7. The Hall–Kier alpha value is -2.66. The number of likely N-dealkylation sites (N-methyl/N-ethyl adjacent to an activating group) is 1. The second-order valence-corrected chi connectivity index (χ2v) is 5.91. The Labute approximate surface area is 134 Å². The average Bonchev–Trinajstić information content (AvgIpc) is 2.87. The van der Waals surface area contributed by atoms with E-state index in [1.165, 1.54) is 0 Å². The van der Waals surface area contributed by atoms with Crippen molar-refractivity contribution in [3.63, 3.8) is 0 Å². The molecular formula is C18H19N3O2. The van der Waals surface area contributed by atoms with Crippen molar-refractivity contribution in [1.29, 1.82) is 0 Å². The lowest BCUT2D eigenvalue weighted by Gasteiger charge is -2.08. The van der Waals surface area contributed by atoms with Crippen molar-refractivity contribution in [3.05, 3.63) is 53.7 Å². The normalized spacial score (nSPS) is 12.4. The molecule has 2 aromatic heterocycles. The molecule has 5 heteroatoms. The van der Waals surface area contributed by atoms with E-state index in [4.69, 9.17) is 5.21 Å². The second-order valence-electron chi connectivity index (χ2n) is 5.91. The number of carbonyl (C=O) groups excluding carboxylic acids is 1. The van der Waals surface area contributed by atoms with Crippen LogP contribution in [-0.4, -0.2) is 46.6 Å². The summed E-state index contributed by atoms with van der Waals surface area (Å²) in [6, 6.07) is 11.6. The molecule has 118 valence electrons. The molecule has 5 nitrogen and oxygen atoms in total. The molecule has 3 aromatic rings. The third kappa shape index (κ3) is 2.59. The molecule has 0 saturated carbocycles. The molecule has 0 unspecified atom stereocenters. The van der Waals surface area contributed by atoms with E-state index in [2.05, 4.69) is 5.16 Å². The van der Waals surface area contributed by atoms with Crippen LogP contribution in [0.1, 0.15) is 22.8 Å². The number of pyridine rings is 1. The summed E-state index contributed by atoms with van der Waals surface area (Å²) in [5.41, 5.74) is 3.93. The Bertz CT molecular complexity index is 923. The van der Waals surface area contributed by atoms with Gasteiger partial charge < -0.3 is 14.5 Å². The van der Waals surface area contributed by atoms with Crippen LogP contribution in [0.3, 0.4) is 0 Å². The first-order chi connectivity index (χ1) is 11.0. The van der Waals surface area contributed by atoms with Gasteiger partial charge in [0, 0.05) is 17.1 Å². The predicted octanol–water partition coefficient (Wildman–Crippen LogP) is 3.04. The van der Waals surface area contributed by atoms with Gasteiger partial charge in [-0.05, 0) is 39.2 Å². The third-order valence-electron chi connectivity index (χ3n) is 3.95. The lowest BCUT2D eigenvalue weighted by atomic mass is 10.0. The second kappa shape index (κ2) is 5.85. The number of benzene rings is 1. The van der Waals surface area contributed by atoms with Crippen LogP contribution in [0.25, 0.3) is 16.4 Å². The average molecular weight is 309 g/mol. The van der Waals surface area contributed by atoms with Gasteiger partial charge in [0.15, 0.2) is 5.78 Å². The molecule has 0 fully saturated rings. The van der Waals surface area contributed by atoms with E-state index in [-0.39, 0.29) is 5.78 Å². The van der Waals surface area contributed by atoms with Crippen LogP contribution in [0, 0.1) is 0 Å². The number of oxime groups is 1. The summed E-state index contributed by atoms with van der Waals surface area (Å²) in [5.74, 6) is 0.0917. The van der Waals surface area contributed by atoms with Gasteiger partial charge in [-0.15, -0.1) is 0 Å². The third-order valence-corrected chi connectivity index (χ3v) is 3.95. The first kappa shape index (κ1) is 15.2. The minimum absolute atomic E-state index is 0.0917. The molecule has 0 bridgehead atoms. The first-order valence-electron chi connectivity index (χ1n) is 7.42. The van der Waals surface area contributed by atoms with E-state index in [1.54, 1.807) is 6.92 Å². The fourth-order valence-corrected chi connectivity index (χ4v) is 2.88. The molecule has 0 aliphatic heterocycles. The molecule has 0 amide bonds. The molecule has 0 atom stereocenters. The fourth-order valence-electron chi connectivity index (χ4n) is 2.88. The fraction of sp³-hybridized carbons (Fsp3) is 0.222. The van der Waals surface area contributed by atoms with E-state index in [0.717, 1.165) is 27.5 Å². The summed E-state index contributed by atoms with van der Waals surface area (Å²) in [4.78, 5) is 14.6. The first-order valence-corrected chi connectivity index (χ1v) is 7.42. The standard InChI is InChI=1S/C18H19N3O2/c1-12(19-23)13-7-8-14-16(10-13)21-9-5-4-6-15(21)18(14)17(22)11-20(2)3/h4-10,23H,11H2,1-3H3. The number of nitrogens with zero attached hydrogens (tertiary/aromatic N) is 3. The topological polar surface area (TPSA) is 57.3 Å². The van der Waals surface area contributed by atoms with Gasteiger partial charge in [0.2, 0.25) is 0 Å². The Balaban J connectivity index is 2.32. The molecule has 0 spiro atoms. The highest BCUT2D eigenvalue weighted by atomic mass is 16.4. The van der Waals surface area contributed by atoms with Gasteiger partial charge in [-0.2, -0.15) is 0 Å². The minimum Gasteiger partial charge on any atom is -0.411 e. The number of fused-ring (bicyclic) bond motifs is 3. The molecule has 2 heterocycles. The molecule has 1 aromatic carbocycles. The molecule has 0 aliphatic carbocycles. The Morgan fingerprint density at radius 2 is 2.00 bits per heavy atom. The van der Waals surface area contributed by atoms with Gasteiger partial charge in [0.05, 0.1) is 28.9 Å². The molecule has 0 saturated heterocycles. The van der Waals surface area contributed by atoms with E-state index < -0.39 is 0 Å². The van der Waals surface area contributed by atoms with Gasteiger partial charge in [-0.25, -0.2) is 0 Å². The zero-order valence-electron chi connectivity index (χ0n) is 13.4. The number of aromatic nitrogens is 1. The van der Waals surface area contributed by atoms with Crippen LogP contribution in [0.2, 0.25) is 0 Å². The number of hydrogen-bond acceptors (Lipinski definition) is 4. The highest BCUT2D eigenvalue weighted by molar-refractivity contribution is 6.16. The molecule has 0 radical (unpaired) electrons. The SMILES string of the molecule is CC(=NO)c1ccc2c(C(=O)CN(C)C)c3ccccn3c2c1. The zero-order valence-corrected chi connectivity index (χ0v) is 13.4. The van der Waals surface area contributed by atoms with E-state index in [0.29, 0.717) is 12.3 Å². The quantitative estimate of drug-likeness (QED) is 0.349. The maximum atomic E-state index is 12.7. The van der Waals surface area contributed by atoms with E-state index in [9.17, 15) is 4.79 Å². The van der Waals surface area contributed by atoms with Gasteiger partial charge in [-0.3, -0.25) is 4.79 Å². The summed E-state index contributed by atoms with van der Waals surface area (Å²) >= 11 is 0. The number of ketones is 1. The molecule has 23 heavy (non-hydrogen) atoms. The van der Waals surface area contributed by atoms with Crippen molar-refractivity contribution >= 4 is 27.9 Å². The molecule has 1 N–H and O–H groups in total. The Morgan fingerprint density at radius 1 is 1.22 bits per heavy atom. The minimum atomic E-state index is 0.0917. The number of hydrogen-bond donors (Lipinski definition) is 1. The van der Waals surface area contributed by atoms with Crippen LogP contribution >= 0.6 is 0 Å². The zero-order chi connectivity index (χ0) is 16.6. The number of carbonyl (C=O) groups is 1. The van der Waals surface area contributed by atoms with Crippen LogP contribution in [0.15, 0.2) is 47.8 Å². The predicted molar refractivity (Wildman–Crippen MR) is 91.8 cm³/mol. The summed E-state index contributed by atoms with van der Waals surface area (Å²) in [6.07, 6.45) is 1.94. The van der Waals surface area contributed by atoms with Crippen molar-refractivity contribution in [1.82, 2.24) is 9.30 Å². The van der Waals surface area contributed by atoms with Crippen LogP contribution in [0.4, 0.5) is 0 Å². The lowest BCUT2D eigenvalue weighted by molar-refractivity contribution is 0.0961. The molecular weight excluding hydrogens is 290 g/mol. The summed E-state index contributed by atoms with van der Waals surface area (Å²) < 4.78 is 2.01. The largest absolute Gasteiger partial charge is 0.411 e. The van der Waals surface area contributed by atoms with Gasteiger partial charge in [-0.1, -0.05) is 23.4 Å². The summed E-state index contributed by atoms with van der Waals surface area (Å²) in [6.45, 7) is 2.11. The maximum Gasteiger partial charge on any atom is 0.179 e. The van der Waals surface area contributed by atoms with E-state index in [1.807, 2.05) is 66.0 Å². The summed E-state index contributed by atoms with van der Waals surface area (Å²) in [7, 11) is 3.77. The molecule has 0 aliphatic rings. The van der Waals surface area contributed by atoms with Crippen LogP contribution in [-0.2, 0) is 0 Å². The Morgan fingerprint density at radius 3 is 2.70 bits per heavy atom. The highest BCUT2D eigenvalue weighted by Gasteiger charge is 2.18. The smallest absolute Gasteiger partial charge is 0.179 e. The van der Waals surface area contributed by atoms with Gasteiger partial charge in [0.1, 0.15) is 0 Å². The van der Waals surface area contributed by atoms with Gasteiger partial charge in [0.25, 0.3) is 0 Å². The number of rotatable bonds is 4. The van der Waals surface area contributed by atoms with Crippen LogP contribution in [0.5, 0.6) is 0 Å². The Kier molecular flexibility index (Phi) is 3.88. The van der Waals surface area contributed by atoms with Crippen molar-refractivity contribution in [3.8, 4) is 0 Å². The van der Waals surface area contributed by atoms with E-state index >= 15 is 0 Å². The molecule has 3 rings (SSSR count). The lowest BCUT2D eigenvalue weighted by Crippen LogP contribution is -2.21.